The number of phosphoric acid groups is 1. The average molecular weight is 1000 g/mol. The lowest BCUT2D eigenvalue weighted by atomic mass is 10.1. The second-order valence-electron chi connectivity index (χ2n) is 17.6. The quantitative estimate of drug-likeness (QED) is 0.0419. The summed E-state index contributed by atoms with van der Waals surface area (Å²) in [5, 5.41) is 24.7. The number of fused-ring (bicyclic) bond motifs is 2. The lowest BCUT2D eigenvalue weighted by Crippen LogP contribution is -2.50. The Kier molecular flexibility index (Phi) is 15.5. The van der Waals surface area contributed by atoms with E-state index in [2.05, 4.69) is 40.5 Å². The second kappa shape index (κ2) is 20.8. The number of nitrogens with one attached hydrogen (secondary N) is 3. The number of rotatable bonds is 19. The number of nitriles is 1. The predicted molar refractivity (Wildman–Crippen MR) is 242 cm³/mol. The fourth-order valence-corrected chi connectivity index (χ4v) is 10.2. The molecule has 4 aromatic heterocycles. The van der Waals surface area contributed by atoms with Crippen LogP contribution in [0.25, 0.3) is 22.3 Å². The van der Waals surface area contributed by atoms with E-state index in [9.17, 15) is 38.8 Å². The first kappa shape index (κ1) is 50.6. The SMILES string of the molecule is CC(C)C(=O)Nc1nc2c(ncn2[C@@H]2O[C@H](COP(=O)(OCCC#N)O[C@H]3C[C@H](n4cnc5c(NC(=O)c6ccccc6)ncnc54)O[C@@H]3CO)[C@@H](O[Si](C)(C)C(C)(C)C)[C@H]2O[P+](=O)O)c(=O)[nH]1. The zero-order valence-electron chi connectivity index (χ0n) is 38.0. The summed E-state index contributed by atoms with van der Waals surface area (Å²) in [6.45, 7) is 11.4. The molecule has 5 aromatic rings. The van der Waals surface area contributed by atoms with E-state index in [-0.39, 0.29) is 46.9 Å². The lowest BCUT2D eigenvalue weighted by Gasteiger charge is -2.39. The van der Waals surface area contributed by atoms with Crippen molar-refractivity contribution in [1.82, 2.24) is 39.0 Å². The van der Waals surface area contributed by atoms with Gasteiger partial charge >= 0.3 is 16.1 Å². The van der Waals surface area contributed by atoms with Crippen molar-refractivity contribution < 1.29 is 60.7 Å². The molecule has 9 atom stereocenters. The highest BCUT2D eigenvalue weighted by atomic mass is 31.2. The van der Waals surface area contributed by atoms with Crippen LogP contribution in [0.4, 0.5) is 11.8 Å². The highest BCUT2D eigenvalue weighted by Crippen LogP contribution is 2.54. The number of aliphatic hydroxyl groups is 1. The van der Waals surface area contributed by atoms with Crippen molar-refractivity contribution in [2.24, 2.45) is 5.92 Å². The smallest absolute Gasteiger partial charge is 0.408 e. The number of carbonyl (C=O) groups is 2. The third-order valence-electron chi connectivity index (χ3n) is 11.6. The molecule has 2 aliphatic rings. The highest BCUT2D eigenvalue weighted by Gasteiger charge is 2.56. The molecular weight excluding hydrogens is 949 g/mol. The molecule has 25 nitrogen and oxygen atoms in total. The van der Waals surface area contributed by atoms with Crippen LogP contribution in [0.5, 0.6) is 0 Å². The van der Waals surface area contributed by atoms with Gasteiger partial charge in [-0.3, -0.25) is 47.4 Å². The molecule has 68 heavy (non-hydrogen) atoms. The molecule has 364 valence electrons. The van der Waals surface area contributed by atoms with Gasteiger partial charge in [-0.15, -0.1) is 9.42 Å². The fourth-order valence-electron chi connectivity index (χ4n) is 7.08. The number of hydrogen-bond donors (Lipinski definition) is 5. The van der Waals surface area contributed by atoms with Gasteiger partial charge < -0.3 is 24.3 Å². The van der Waals surface area contributed by atoms with Gasteiger partial charge in [0.25, 0.3) is 11.5 Å². The van der Waals surface area contributed by atoms with Crippen LogP contribution in [-0.2, 0) is 45.9 Å². The van der Waals surface area contributed by atoms with Crippen LogP contribution in [0.1, 0.15) is 70.3 Å². The average Bonchev–Trinajstić information content (AvgIpc) is 4.08. The van der Waals surface area contributed by atoms with E-state index in [0.717, 1.165) is 0 Å². The number of benzene rings is 1. The number of nitrogens with zero attached hydrogens (tertiary/aromatic N) is 8. The maximum atomic E-state index is 14.7. The molecule has 0 radical (unpaired) electrons. The molecule has 5 N–H and O–H groups in total. The van der Waals surface area contributed by atoms with Crippen molar-refractivity contribution >= 4 is 70.3 Å². The summed E-state index contributed by atoms with van der Waals surface area (Å²) in [6.07, 6.45) is -4.88. The van der Waals surface area contributed by atoms with Crippen molar-refractivity contribution in [3.63, 3.8) is 0 Å². The van der Waals surface area contributed by atoms with Crippen LogP contribution in [0.2, 0.25) is 18.1 Å². The maximum absolute atomic E-state index is 14.7. The van der Waals surface area contributed by atoms with Crippen LogP contribution in [0.15, 0.2) is 54.1 Å². The molecule has 1 aromatic carbocycles. The third kappa shape index (κ3) is 11.1. The minimum atomic E-state index is -4.75. The lowest BCUT2D eigenvalue weighted by molar-refractivity contribution is -0.118. The van der Waals surface area contributed by atoms with Crippen LogP contribution >= 0.6 is 16.1 Å². The number of aromatic nitrogens is 8. The standard InChI is InChI=1S/C40H51N11O14P2Si/c1-22(2)35(53)48-39-47-34-29(37(55)49-39)45-21-51(34)38-31(63-66(56)57)30(65-68(6,7)40(3,4)5)26(62-38)18-60-67(58,59-15-11-14-41)64-24-16-27(61-25(24)17-52)50-20-44-28-32(42-19-43-33(28)50)46-36(54)23-12-9-8-10-13-23/h8-10,12-13,19-22,24-27,30-31,38,52H,11,15-18H2,1-7H3,(H3-,42,43,46,47,48,49,53,54,55,56,57)/p+1/t24-,25+,26+,27+,30+,31+,38+,67?/m0/s1. The monoisotopic (exact) mass is 1000 g/mol. The summed E-state index contributed by atoms with van der Waals surface area (Å²) in [6, 6.07) is 10.4. The summed E-state index contributed by atoms with van der Waals surface area (Å²) >= 11 is 0. The number of phosphoric ester groups is 1. The van der Waals surface area contributed by atoms with Crippen molar-refractivity contribution in [3.8, 4) is 6.07 Å². The third-order valence-corrected chi connectivity index (χ3v) is 18.0. The van der Waals surface area contributed by atoms with Gasteiger partial charge in [0, 0.05) is 22.5 Å². The summed E-state index contributed by atoms with van der Waals surface area (Å²) < 4.78 is 72.9. The van der Waals surface area contributed by atoms with Gasteiger partial charge in [0.2, 0.25) is 11.9 Å². The first-order chi connectivity index (χ1) is 32.2. The second-order valence-corrected chi connectivity index (χ2v) is 24.7. The number of imidazole rings is 2. The van der Waals surface area contributed by atoms with E-state index < -0.39 is 116 Å². The Labute approximate surface area is 390 Å². The van der Waals surface area contributed by atoms with Gasteiger partial charge in [-0.1, -0.05) is 52.8 Å². The van der Waals surface area contributed by atoms with Gasteiger partial charge in [-0.05, 0) is 30.3 Å². The van der Waals surface area contributed by atoms with E-state index in [1.54, 1.807) is 44.2 Å². The molecule has 0 saturated carbocycles. The summed E-state index contributed by atoms with van der Waals surface area (Å²) in [5.74, 6) is -1.39. The molecule has 2 aliphatic heterocycles. The molecule has 2 fully saturated rings. The summed E-state index contributed by atoms with van der Waals surface area (Å²) in [7, 11) is -10.9. The molecule has 2 unspecified atom stereocenters. The summed E-state index contributed by atoms with van der Waals surface area (Å²) in [4.78, 5) is 73.0. The van der Waals surface area contributed by atoms with Gasteiger partial charge in [-0.25, -0.2) is 24.5 Å². The van der Waals surface area contributed by atoms with E-state index >= 15 is 0 Å². The number of anilines is 2. The maximum Gasteiger partial charge on any atom is 0.695 e. The first-order valence-corrected chi connectivity index (χ1v) is 26.9. The number of H-pyrrole nitrogens is 1. The Bertz CT molecular complexity index is 2800. The van der Waals surface area contributed by atoms with E-state index in [0.29, 0.717) is 5.56 Å². The molecular formula is C40H52N11O14P2Si+. The van der Waals surface area contributed by atoms with Crippen molar-refractivity contribution in [2.45, 2.75) is 109 Å². The Morgan fingerprint density at radius 2 is 1.75 bits per heavy atom. The minimum absolute atomic E-state index is 0.0562. The molecule has 0 aliphatic carbocycles. The van der Waals surface area contributed by atoms with Crippen LogP contribution in [0, 0.1) is 17.2 Å². The zero-order valence-corrected chi connectivity index (χ0v) is 40.8. The number of amides is 2. The number of hydrogen-bond acceptors (Lipinski definition) is 19. The molecule has 7 rings (SSSR count). The predicted octanol–water partition coefficient (Wildman–Crippen LogP) is 4.85. The molecule has 0 spiro atoms. The number of aliphatic hydroxyl groups excluding tert-OH is 1. The van der Waals surface area contributed by atoms with Crippen LogP contribution in [-0.4, -0.2) is 120 Å². The molecule has 28 heteroatoms. The van der Waals surface area contributed by atoms with Crippen LogP contribution in [0.3, 0.4) is 0 Å². The van der Waals surface area contributed by atoms with E-state index in [1.807, 2.05) is 39.9 Å². The van der Waals surface area contributed by atoms with Crippen LogP contribution < -0.4 is 16.2 Å². The van der Waals surface area contributed by atoms with E-state index in [4.69, 9.17) is 32.0 Å². The number of ether oxygens (including phenoxy) is 2. The van der Waals surface area contributed by atoms with Gasteiger partial charge in [-0.2, -0.15) is 10.2 Å². The fraction of sp³-hybridized carbons (Fsp3) is 0.525. The largest absolute Gasteiger partial charge is 0.695 e. The van der Waals surface area contributed by atoms with E-state index in [1.165, 1.54) is 28.1 Å². The Morgan fingerprint density at radius 1 is 1.03 bits per heavy atom. The van der Waals surface area contributed by atoms with Crippen molar-refractivity contribution in [1.29, 1.82) is 5.26 Å². The Morgan fingerprint density at radius 3 is 2.43 bits per heavy atom. The summed E-state index contributed by atoms with van der Waals surface area (Å²) in [5.41, 5.74) is -0.0527. The zero-order chi connectivity index (χ0) is 49.1. The Hall–Kier alpha value is -5.26. The van der Waals surface area contributed by atoms with Crippen molar-refractivity contribution in [3.05, 3.63) is 65.2 Å². The van der Waals surface area contributed by atoms with Gasteiger partial charge in [0.05, 0.1) is 45.0 Å². The molecule has 2 saturated heterocycles. The minimum Gasteiger partial charge on any atom is -0.408 e. The molecule has 0 bridgehead atoms. The number of carbonyl (C=O) groups excluding carboxylic acids is 2. The highest BCUT2D eigenvalue weighted by molar-refractivity contribution is 7.48. The van der Waals surface area contributed by atoms with Crippen molar-refractivity contribution in [2.75, 3.05) is 30.5 Å². The Balaban J connectivity index is 1.17. The molecule has 2 amide bonds. The number of aromatic amines is 1. The first-order valence-electron chi connectivity index (χ1n) is 21.4. The molecule has 6 heterocycles. The van der Waals surface area contributed by atoms with Gasteiger partial charge in [0.1, 0.15) is 37.0 Å². The van der Waals surface area contributed by atoms with Gasteiger partial charge in [0.15, 0.2) is 48.8 Å². The topological polar surface area (TPSA) is 328 Å². The normalized spacial score (nSPS) is 23.2.